The Labute approximate surface area is 222 Å². The lowest BCUT2D eigenvalue weighted by Crippen LogP contribution is -2.37. The van der Waals surface area contributed by atoms with Crippen LogP contribution in [0, 0.1) is 0 Å². The average molecular weight is 525 g/mol. The van der Waals surface area contributed by atoms with Crippen LogP contribution in [-0.2, 0) is 4.79 Å². The van der Waals surface area contributed by atoms with Gasteiger partial charge in [-0.25, -0.2) is 14.7 Å². The minimum atomic E-state index is -0.675. The fraction of sp³-hybridized carbons (Fsp3) is 0.0741. The number of aromatic nitrogens is 4. The molecule has 3 aromatic carbocycles. The molecular weight excluding hydrogens is 504 g/mol. The number of nitrogens with one attached hydrogen (secondary N) is 3. The normalized spacial score (nSPS) is 15.2. The van der Waals surface area contributed by atoms with E-state index in [1.54, 1.807) is 29.2 Å². The van der Waals surface area contributed by atoms with E-state index in [1.807, 2.05) is 61.5 Å². The Morgan fingerprint density at radius 3 is 2.61 bits per heavy atom. The van der Waals surface area contributed by atoms with Crippen molar-refractivity contribution in [1.29, 1.82) is 0 Å². The number of nitrogens with zero attached hydrogens (tertiary/aromatic N) is 5. The van der Waals surface area contributed by atoms with Gasteiger partial charge in [-0.1, -0.05) is 41.9 Å². The summed E-state index contributed by atoms with van der Waals surface area (Å²) < 4.78 is 7.42. The lowest BCUT2D eigenvalue weighted by molar-refractivity contribution is -0.113. The van der Waals surface area contributed by atoms with Crippen molar-refractivity contribution < 1.29 is 9.21 Å². The second kappa shape index (κ2) is 9.83. The van der Waals surface area contributed by atoms with E-state index in [2.05, 4.69) is 31.0 Å². The van der Waals surface area contributed by atoms with Gasteiger partial charge >= 0.3 is 6.01 Å². The quantitative estimate of drug-likeness (QED) is 0.293. The summed E-state index contributed by atoms with van der Waals surface area (Å²) in [5.41, 5.74) is 4.55. The number of carbonyl (C=O) groups is 1. The number of guanidine groups is 1. The monoisotopic (exact) mass is 524 g/mol. The summed E-state index contributed by atoms with van der Waals surface area (Å²) in [6.45, 7) is 1.81. The van der Waals surface area contributed by atoms with Crippen LogP contribution in [0.3, 0.4) is 0 Å². The summed E-state index contributed by atoms with van der Waals surface area (Å²) in [6, 6.07) is 21.7. The molecule has 1 aliphatic rings. The largest absolute Gasteiger partial charge is 0.423 e. The molecule has 0 spiro atoms. The predicted octanol–water partition coefficient (Wildman–Crippen LogP) is 5.09. The number of amides is 1. The number of carbonyl (C=O) groups excluding carboxylic acids is 1. The number of halogens is 1. The van der Waals surface area contributed by atoms with Gasteiger partial charge in [0.05, 0.1) is 11.3 Å². The molecule has 1 aliphatic heterocycles. The second-order valence-electron chi connectivity index (χ2n) is 8.52. The molecule has 1 unspecified atom stereocenters. The molecule has 3 N–H and O–H groups in total. The third-order valence-corrected chi connectivity index (χ3v) is 6.36. The van der Waals surface area contributed by atoms with Crippen molar-refractivity contribution in [2.45, 2.75) is 13.0 Å². The van der Waals surface area contributed by atoms with Gasteiger partial charge in [-0.3, -0.25) is 10.1 Å². The molecule has 1 atom stereocenters. The fourth-order valence-corrected chi connectivity index (χ4v) is 4.46. The van der Waals surface area contributed by atoms with Crippen LogP contribution in [0.1, 0.15) is 18.5 Å². The lowest BCUT2D eigenvalue weighted by Gasteiger charge is -2.27. The Bertz CT molecular complexity index is 1660. The average Bonchev–Trinajstić information content (AvgIpc) is 3.59. The molecule has 38 heavy (non-hydrogen) atoms. The van der Waals surface area contributed by atoms with Gasteiger partial charge in [-0.15, -0.1) is 0 Å². The van der Waals surface area contributed by atoms with Crippen molar-refractivity contribution in [3.05, 3.63) is 107 Å². The van der Waals surface area contributed by atoms with Crippen LogP contribution in [0.2, 0.25) is 5.02 Å². The third kappa shape index (κ3) is 4.60. The zero-order valence-electron chi connectivity index (χ0n) is 20.1. The number of hydrogen-bond donors (Lipinski definition) is 3. The van der Waals surface area contributed by atoms with E-state index < -0.39 is 6.04 Å². The number of para-hydroxylation sites is 2. The number of rotatable bonds is 5. The molecule has 1 amide bonds. The SMILES string of the molecule is CC1=C(C(=O)Nc2ccc(-n3cncn3)cc2)C(c2ccccc2Cl)N=C(Nc2nc3ccccc3o2)N1. The summed E-state index contributed by atoms with van der Waals surface area (Å²) >= 11 is 6.55. The van der Waals surface area contributed by atoms with Crippen molar-refractivity contribution in [2.75, 3.05) is 10.6 Å². The summed E-state index contributed by atoms with van der Waals surface area (Å²) in [4.78, 5) is 26.8. The molecule has 0 bridgehead atoms. The van der Waals surface area contributed by atoms with Crippen LogP contribution in [0.5, 0.6) is 0 Å². The van der Waals surface area contributed by atoms with Gasteiger partial charge in [0.15, 0.2) is 5.58 Å². The van der Waals surface area contributed by atoms with Crippen LogP contribution in [0.25, 0.3) is 16.8 Å². The first kappa shape index (κ1) is 23.4. The number of benzene rings is 3. The molecule has 2 aromatic heterocycles. The first-order valence-electron chi connectivity index (χ1n) is 11.7. The molecule has 10 nitrogen and oxygen atoms in total. The standard InChI is InChI=1S/C27H21ClN8O2/c1-16-23(25(37)32-17-10-12-18(13-11-17)36-15-29-14-30-36)24(19-6-2-3-7-20(19)28)34-26(31-16)35-27-33-21-8-4-5-9-22(21)38-27/h2-15,24H,1H3,(H,32,37)(H2,31,33,34,35). The minimum Gasteiger partial charge on any atom is -0.423 e. The smallest absolute Gasteiger partial charge is 0.302 e. The maximum Gasteiger partial charge on any atom is 0.302 e. The van der Waals surface area contributed by atoms with Crippen molar-refractivity contribution >= 4 is 46.3 Å². The maximum atomic E-state index is 13.6. The molecule has 0 saturated carbocycles. The van der Waals surface area contributed by atoms with Crippen LogP contribution in [0.4, 0.5) is 11.7 Å². The van der Waals surface area contributed by atoms with Crippen molar-refractivity contribution in [3.63, 3.8) is 0 Å². The van der Waals surface area contributed by atoms with Crippen molar-refractivity contribution in [3.8, 4) is 5.69 Å². The molecule has 0 saturated heterocycles. The Kier molecular flexibility index (Phi) is 6.06. The molecule has 0 aliphatic carbocycles. The summed E-state index contributed by atoms with van der Waals surface area (Å²) in [5, 5.41) is 13.8. The van der Waals surface area contributed by atoms with E-state index in [1.165, 1.54) is 6.33 Å². The molecule has 3 heterocycles. The summed E-state index contributed by atoms with van der Waals surface area (Å²) in [5.74, 6) is 0.0748. The van der Waals surface area contributed by atoms with Gasteiger partial charge in [0.25, 0.3) is 5.91 Å². The number of anilines is 2. The van der Waals surface area contributed by atoms with E-state index >= 15 is 0 Å². The van der Waals surface area contributed by atoms with Gasteiger partial charge in [-0.2, -0.15) is 10.1 Å². The topological polar surface area (TPSA) is 122 Å². The minimum absolute atomic E-state index is 0.281. The van der Waals surface area contributed by atoms with Crippen molar-refractivity contribution in [2.24, 2.45) is 4.99 Å². The summed E-state index contributed by atoms with van der Waals surface area (Å²) in [6.07, 6.45) is 3.07. The van der Waals surface area contributed by atoms with E-state index in [4.69, 9.17) is 21.0 Å². The first-order chi connectivity index (χ1) is 18.5. The highest BCUT2D eigenvalue weighted by molar-refractivity contribution is 6.31. The molecule has 188 valence electrons. The Morgan fingerprint density at radius 1 is 1.05 bits per heavy atom. The summed E-state index contributed by atoms with van der Waals surface area (Å²) in [7, 11) is 0. The first-order valence-corrected chi connectivity index (χ1v) is 12.1. The number of fused-ring (bicyclic) bond motifs is 1. The zero-order valence-corrected chi connectivity index (χ0v) is 20.8. The Balaban J connectivity index is 1.29. The third-order valence-electron chi connectivity index (χ3n) is 6.01. The van der Waals surface area contributed by atoms with Gasteiger partial charge in [0.1, 0.15) is 24.2 Å². The van der Waals surface area contributed by atoms with Gasteiger partial charge in [0.2, 0.25) is 5.96 Å². The maximum absolute atomic E-state index is 13.6. The highest BCUT2D eigenvalue weighted by atomic mass is 35.5. The highest BCUT2D eigenvalue weighted by Crippen LogP contribution is 2.35. The van der Waals surface area contributed by atoms with Gasteiger partial charge < -0.3 is 15.1 Å². The Hall–Kier alpha value is -4.96. The molecule has 6 rings (SSSR count). The van der Waals surface area contributed by atoms with E-state index in [9.17, 15) is 4.79 Å². The van der Waals surface area contributed by atoms with Gasteiger partial charge in [0, 0.05) is 22.0 Å². The Morgan fingerprint density at radius 2 is 1.84 bits per heavy atom. The molecule has 11 heteroatoms. The van der Waals surface area contributed by atoms with E-state index in [0.717, 1.165) is 11.2 Å². The van der Waals surface area contributed by atoms with E-state index in [0.29, 0.717) is 39.1 Å². The number of allylic oxidation sites excluding steroid dienone is 1. The van der Waals surface area contributed by atoms with Crippen LogP contribution < -0.4 is 16.0 Å². The zero-order chi connectivity index (χ0) is 26.1. The second-order valence-corrected chi connectivity index (χ2v) is 8.93. The van der Waals surface area contributed by atoms with Crippen LogP contribution in [0.15, 0.2) is 106 Å². The molecule has 0 radical (unpaired) electrons. The lowest BCUT2D eigenvalue weighted by atomic mass is 9.95. The van der Waals surface area contributed by atoms with Gasteiger partial charge in [-0.05, 0) is 49.4 Å². The van der Waals surface area contributed by atoms with Crippen LogP contribution in [-0.4, -0.2) is 31.6 Å². The fourth-order valence-electron chi connectivity index (χ4n) is 4.22. The van der Waals surface area contributed by atoms with Crippen LogP contribution >= 0.6 is 11.6 Å². The highest BCUT2D eigenvalue weighted by Gasteiger charge is 2.31. The predicted molar refractivity (Wildman–Crippen MR) is 145 cm³/mol. The molecular formula is C27H21ClN8O2. The molecule has 5 aromatic rings. The number of aliphatic imine (C=N–C) groups is 1. The van der Waals surface area contributed by atoms with Crippen molar-refractivity contribution in [1.82, 2.24) is 25.1 Å². The number of oxazole rings is 1. The van der Waals surface area contributed by atoms with E-state index in [-0.39, 0.29) is 11.9 Å². The molecule has 0 fully saturated rings. The number of hydrogen-bond acceptors (Lipinski definition) is 8.